The average Bonchev–Trinajstić information content (AvgIpc) is 3.16. The fourth-order valence-corrected chi connectivity index (χ4v) is 3.40. The normalized spacial score (nSPS) is 11.4. The summed E-state index contributed by atoms with van der Waals surface area (Å²) in [5.41, 5.74) is 3.73. The lowest BCUT2D eigenvalue weighted by molar-refractivity contribution is 0.122. The summed E-state index contributed by atoms with van der Waals surface area (Å²) < 4.78 is 32.9. The first kappa shape index (κ1) is 19.9. The van der Waals surface area contributed by atoms with Crippen molar-refractivity contribution in [1.29, 1.82) is 0 Å². The van der Waals surface area contributed by atoms with Gasteiger partial charge in [-0.05, 0) is 13.0 Å². The Balaban J connectivity index is 1.94. The average molecular weight is 410 g/mol. The molecule has 1 N–H and O–H groups in total. The SMILES string of the molecule is CCOc1cc2ncnc(-c3cn(CC(F)F)nc3-c3ccccc3)c2cc1CO. The molecule has 0 atom stereocenters. The maximum atomic E-state index is 13.0. The third-order valence-electron chi connectivity index (χ3n) is 4.68. The van der Waals surface area contributed by atoms with Gasteiger partial charge in [0.1, 0.15) is 24.3 Å². The zero-order valence-electron chi connectivity index (χ0n) is 16.3. The minimum Gasteiger partial charge on any atom is -0.493 e. The van der Waals surface area contributed by atoms with Crippen LogP contribution >= 0.6 is 0 Å². The van der Waals surface area contributed by atoms with E-state index >= 15 is 0 Å². The second kappa shape index (κ2) is 8.54. The number of aliphatic hydroxyl groups is 1. The van der Waals surface area contributed by atoms with Crippen LogP contribution in [-0.2, 0) is 13.2 Å². The van der Waals surface area contributed by atoms with Crippen molar-refractivity contribution in [1.82, 2.24) is 19.7 Å². The molecule has 30 heavy (non-hydrogen) atoms. The maximum Gasteiger partial charge on any atom is 0.257 e. The van der Waals surface area contributed by atoms with Crippen LogP contribution in [0.2, 0.25) is 0 Å². The van der Waals surface area contributed by atoms with Crippen LogP contribution in [-0.4, -0.2) is 37.9 Å². The van der Waals surface area contributed by atoms with Gasteiger partial charge in [0.05, 0.1) is 24.4 Å². The molecule has 2 aromatic carbocycles. The van der Waals surface area contributed by atoms with E-state index in [9.17, 15) is 13.9 Å². The Morgan fingerprint density at radius 2 is 1.90 bits per heavy atom. The molecule has 0 aliphatic heterocycles. The first-order valence-electron chi connectivity index (χ1n) is 9.53. The van der Waals surface area contributed by atoms with Crippen LogP contribution in [0.3, 0.4) is 0 Å². The van der Waals surface area contributed by atoms with Crippen molar-refractivity contribution in [3.63, 3.8) is 0 Å². The molecule has 0 saturated heterocycles. The lowest BCUT2D eigenvalue weighted by Gasteiger charge is -2.12. The van der Waals surface area contributed by atoms with Gasteiger partial charge in [0, 0.05) is 34.3 Å². The molecule has 0 aliphatic carbocycles. The molecule has 2 heterocycles. The zero-order chi connectivity index (χ0) is 21.1. The molecule has 2 aromatic heterocycles. The van der Waals surface area contributed by atoms with E-state index in [0.29, 0.717) is 45.8 Å². The quantitative estimate of drug-likeness (QED) is 0.491. The molecule has 0 spiro atoms. The smallest absolute Gasteiger partial charge is 0.257 e. The number of aromatic nitrogens is 4. The summed E-state index contributed by atoms with van der Waals surface area (Å²) in [6.45, 7) is 1.59. The van der Waals surface area contributed by atoms with Gasteiger partial charge in [-0.2, -0.15) is 5.10 Å². The minimum absolute atomic E-state index is 0.213. The fraction of sp³-hybridized carbons (Fsp3) is 0.227. The van der Waals surface area contributed by atoms with E-state index < -0.39 is 13.0 Å². The molecule has 8 heteroatoms. The fourth-order valence-electron chi connectivity index (χ4n) is 3.40. The van der Waals surface area contributed by atoms with Gasteiger partial charge in [0.25, 0.3) is 6.43 Å². The standard InChI is InChI=1S/C22H20F2N4O2/c1-2-30-19-9-18-16(8-15(19)12-29)22(26-13-25-18)17-10-28(11-20(23)24)27-21(17)14-6-4-3-5-7-14/h3-10,13,20,29H,2,11-12H2,1H3. The summed E-state index contributed by atoms with van der Waals surface area (Å²) >= 11 is 0. The Morgan fingerprint density at radius 1 is 1.10 bits per heavy atom. The molecule has 4 rings (SSSR count). The van der Waals surface area contributed by atoms with E-state index in [0.717, 1.165) is 5.56 Å². The number of alkyl halides is 2. The van der Waals surface area contributed by atoms with Crippen LogP contribution in [0, 0.1) is 0 Å². The minimum atomic E-state index is -2.53. The van der Waals surface area contributed by atoms with Crippen molar-refractivity contribution >= 4 is 10.9 Å². The summed E-state index contributed by atoms with van der Waals surface area (Å²) in [5.74, 6) is 0.550. The number of nitrogens with zero attached hydrogens (tertiary/aromatic N) is 4. The molecule has 0 saturated carbocycles. The number of rotatable bonds is 7. The second-order valence-corrected chi connectivity index (χ2v) is 6.66. The van der Waals surface area contributed by atoms with Gasteiger partial charge in [-0.25, -0.2) is 18.7 Å². The number of halogens is 2. The van der Waals surface area contributed by atoms with Crippen LogP contribution in [0.25, 0.3) is 33.4 Å². The number of hydrogen-bond acceptors (Lipinski definition) is 5. The predicted molar refractivity (Wildman–Crippen MR) is 109 cm³/mol. The topological polar surface area (TPSA) is 73.1 Å². The molecule has 0 fully saturated rings. The molecule has 154 valence electrons. The molecule has 0 amide bonds. The third kappa shape index (κ3) is 3.86. The van der Waals surface area contributed by atoms with Gasteiger partial charge >= 0.3 is 0 Å². The summed E-state index contributed by atoms with van der Waals surface area (Å²) in [6, 6.07) is 12.9. The summed E-state index contributed by atoms with van der Waals surface area (Å²) in [5, 5.41) is 14.9. The highest BCUT2D eigenvalue weighted by Gasteiger charge is 2.19. The Bertz CT molecular complexity index is 1160. The Hall–Kier alpha value is -3.39. The largest absolute Gasteiger partial charge is 0.493 e. The van der Waals surface area contributed by atoms with Crippen LogP contribution in [0.4, 0.5) is 8.78 Å². The Labute approximate surface area is 171 Å². The Morgan fingerprint density at radius 3 is 2.60 bits per heavy atom. The highest BCUT2D eigenvalue weighted by molar-refractivity contribution is 5.96. The van der Waals surface area contributed by atoms with E-state index in [1.165, 1.54) is 11.0 Å². The predicted octanol–water partition coefficient (Wildman–Crippen LogP) is 4.32. The second-order valence-electron chi connectivity index (χ2n) is 6.66. The van der Waals surface area contributed by atoms with E-state index in [-0.39, 0.29) is 6.61 Å². The number of aliphatic hydroxyl groups excluding tert-OH is 1. The van der Waals surface area contributed by atoms with Crippen molar-refractivity contribution in [3.8, 4) is 28.3 Å². The first-order valence-corrected chi connectivity index (χ1v) is 9.53. The lowest BCUT2D eigenvalue weighted by atomic mass is 10.0. The van der Waals surface area contributed by atoms with E-state index in [2.05, 4.69) is 15.1 Å². The molecular formula is C22H20F2N4O2. The molecule has 0 radical (unpaired) electrons. The van der Waals surface area contributed by atoms with Gasteiger partial charge in [-0.1, -0.05) is 30.3 Å². The summed E-state index contributed by atoms with van der Waals surface area (Å²) in [4.78, 5) is 8.76. The van der Waals surface area contributed by atoms with Gasteiger partial charge in [-0.3, -0.25) is 4.68 Å². The third-order valence-corrected chi connectivity index (χ3v) is 4.68. The molecule has 0 bridgehead atoms. The van der Waals surface area contributed by atoms with Crippen molar-refractivity contribution in [2.24, 2.45) is 0 Å². The molecular weight excluding hydrogens is 390 g/mol. The number of hydrogen-bond donors (Lipinski definition) is 1. The van der Waals surface area contributed by atoms with Crippen LogP contribution < -0.4 is 4.74 Å². The van der Waals surface area contributed by atoms with Crippen LogP contribution in [0.1, 0.15) is 12.5 Å². The van der Waals surface area contributed by atoms with Crippen molar-refractivity contribution < 1.29 is 18.6 Å². The van der Waals surface area contributed by atoms with Gasteiger partial charge in [-0.15, -0.1) is 0 Å². The number of fused-ring (bicyclic) bond motifs is 1. The van der Waals surface area contributed by atoms with Crippen LogP contribution in [0.15, 0.2) is 55.0 Å². The van der Waals surface area contributed by atoms with Gasteiger partial charge in [0.2, 0.25) is 0 Å². The monoisotopic (exact) mass is 410 g/mol. The van der Waals surface area contributed by atoms with Gasteiger partial charge in [0.15, 0.2) is 0 Å². The van der Waals surface area contributed by atoms with Crippen molar-refractivity contribution in [2.45, 2.75) is 26.5 Å². The molecule has 4 aromatic rings. The van der Waals surface area contributed by atoms with Gasteiger partial charge < -0.3 is 9.84 Å². The highest BCUT2D eigenvalue weighted by atomic mass is 19.3. The number of ether oxygens (including phenoxy) is 1. The zero-order valence-corrected chi connectivity index (χ0v) is 16.3. The summed E-state index contributed by atoms with van der Waals surface area (Å²) in [6.07, 6.45) is 0.467. The first-order chi connectivity index (χ1) is 14.6. The van der Waals surface area contributed by atoms with Crippen molar-refractivity contribution in [2.75, 3.05) is 6.61 Å². The lowest BCUT2D eigenvalue weighted by Crippen LogP contribution is -2.06. The Kier molecular flexibility index (Phi) is 5.67. The van der Waals surface area contributed by atoms with Crippen molar-refractivity contribution in [3.05, 3.63) is 60.6 Å². The maximum absolute atomic E-state index is 13.0. The molecule has 0 aliphatic rings. The molecule has 0 unspecified atom stereocenters. The molecule has 6 nitrogen and oxygen atoms in total. The van der Waals surface area contributed by atoms with E-state index in [4.69, 9.17) is 4.74 Å². The van der Waals surface area contributed by atoms with E-state index in [1.807, 2.05) is 37.3 Å². The highest BCUT2D eigenvalue weighted by Crippen LogP contribution is 2.36. The van der Waals surface area contributed by atoms with E-state index in [1.54, 1.807) is 18.3 Å². The number of benzene rings is 2. The summed E-state index contributed by atoms with van der Waals surface area (Å²) in [7, 11) is 0. The van der Waals surface area contributed by atoms with Crippen LogP contribution in [0.5, 0.6) is 5.75 Å².